The fourth-order valence-electron chi connectivity index (χ4n) is 3.01. The number of carbonyl (C=O) groups is 1. The number of aromatic nitrogens is 3. The van der Waals surface area contributed by atoms with E-state index in [4.69, 9.17) is 12.2 Å². The van der Waals surface area contributed by atoms with Crippen molar-refractivity contribution in [1.82, 2.24) is 14.8 Å². The Bertz CT molecular complexity index is 972. The average Bonchev–Trinajstić information content (AvgIpc) is 3.02. The zero-order chi connectivity index (χ0) is 19.2. The summed E-state index contributed by atoms with van der Waals surface area (Å²) in [4.78, 5) is 12.3. The third-order valence-electron chi connectivity index (χ3n) is 4.37. The molecule has 1 heterocycles. The quantitative estimate of drug-likeness (QED) is 0.573. The van der Waals surface area contributed by atoms with Crippen LogP contribution in [0.5, 0.6) is 0 Å². The number of hydrogen-bond donors (Lipinski definition) is 2. The van der Waals surface area contributed by atoms with Gasteiger partial charge in [0.25, 0.3) is 0 Å². The van der Waals surface area contributed by atoms with Crippen LogP contribution in [0.25, 0.3) is 11.4 Å². The molecule has 0 aliphatic carbocycles. The highest BCUT2D eigenvalue weighted by Crippen LogP contribution is 2.19. The number of H-pyrrole nitrogens is 1. The highest BCUT2D eigenvalue weighted by Gasteiger charge is 2.11. The molecule has 0 saturated carbocycles. The molecule has 0 unspecified atom stereocenters. The molecule has 0 aliphatic rings. The van der Waals surface area contributed by atoms with Crippen molar-refractivity contribution < 1.29 is 4.79 Å². The Labute approximate surface area is 164 Å². The van der Waals surface area contributed by atoms with Crippen LogP contribution in [0.2, 0.25) is 0 Å². The Morgan fingerprint density at radius 2 is 2.00 bits per heavy atom. The van der Waals surface area contributed by atoms with Gasteiger partial charge in [-0.05, 0) is 49.3 Å². The smallest absolute Gasteiger partial charge is 0.226 e. The van der Waals surface area contributed by atoms with Crippen LogP contribution in [-0.4, -0.2) is 20.7 Å². The molecule has 5 nitrogen and oxygen atoms in total. The molecule has 0 atom stereocenters. The summed E-state index contributed by atoms with van der Waals surface area (Å²) in [7, 11) is 0. The van der Waals surface area contributed by atoms with Crippen molar-refractivity contribution in [2.45, 2.75) is 39.7 Å². The summed E-state index contributed by atoms with van der Waals surface area (Å²) in [5, 5.41) is 10.1. The topological polar surface area (TPSA) is 62.7 Å². The summed E-state index contributed by atoms with van der Waals surface area (Å²) >= 11 is 5.34. The van der Waals surface area contributed by atoms with E-state index in [1.165, 1.54) is 5.56 Å². The highest BCUT2D eigenvalue weighted by molar-refractivity contribution is 7.71. The zero-order valence-electron chi connectivity index (χ0n) is 15.7. The van der Waals surface area contributed by atoms with E-state index in [1.54, 1.807) is 0 Å². The Balaban J connectivity index is 1.65. The normalized spacial score (nSPS) is 10.7. The van der Waals surface area contributed by atoms with Crippen LogP contribution in [0.3, 0.4) is 0 Å². The van der Waals surface area contributed by atoms with E-state index in [1.807, 2.05) is 41.8 Å². The van der Waals surface area contributed by atoms with Crippen molar-refractivity contribution in [3.05, 3.63) is 64.4 Å². The minimum Gasteiger partial charge on any atom is -0.326 e. The van der Waals surface area contributed by atoms with Crippen LogP contribution in [0.4, 0.5) is 5.69 Å². The predicted molar refractivity (Wildman–Crippen MR) is 111 cm³/mol. The third kappa shape index (κ3) is 4.92. The molecule has 1 amide bonds. The summed E-state index contributed by atoms with van der Waals surface area (Å²) < 4.78 is 2.39. The molecular formula is C21H24N4OS. The molecule has 140 valence electrons. The number of amides is 1. The molecule has 0 radical (unpaired) electrons. The molecule has 2 aromatic carbocycles. The first-order chi connectivity index (χ1) is 13.1. The second-order valence-electron chi connectivity index (χ2n) is 6.62. The second kappa shape index (κ2) is 8.77. The monoisotopic (exact) mass is 380 g/mol. The second-order valence-corrected chi connectivity index (χ2v) is 7.01. The van der Waals surface area contributed by atoms with E-state index in [2.05, 4.69) is 40.6 Å². The number of aryl methyl sites for hydroxylation is 2. The fourth-order valence-corrected chi connectivity index (χ4v) is 3.23. The van der Waals surface area contributed by atoms with E-state index >= 15 is 0 Å². The Kier molecular flexibility index (Phi) is 6.19. The molecule has 0 bridgehead atoms. The Hall–Kier alpha value is -2.73. The lowest BCUT2D eigenvalue weighted by molar-refractivity contribution is -0.116. The molecule has 1 aromatic heterocycles. The van der Waals surface area contributed by atoms with Gasteiger partial charge in [0.1, 0.15) is 0 Å². The summed E-state index contributed by atoms with van der Waals surface area (Å²) in [5.74, 6) is 0.706. The van der Waals surface area contributed by atoms with E-state index in [0.717, 1.165) is 35.5 Å². The summed E-state index contributed by atoms with van der Waals surface area (Å²) in [6.07, 6.45) is 2.48. The Morgan fingerprint density at radius 1 is 1.22 bits per heavy atom. The first-order valence-electron chi connectivity index (χ1n) is 9.18. The van der Waals surface area contributed by atoms with Crippen LogP contribution in [0, 0.1) is 11.7 Å². The molecule has 27 heavy (non-hydrogen) atoms. The maximum Gasteiger partial charge on any atom is 0.226 e. The van der Waals surface area contributed by atoms with Crippen molar-refractivity contribution in [2.24, 2.45) is 0 Å². The fraction of sp³-hybridized carbons (Fsp3) is 0.286. The first-order valence-corrected chi connectivity index (χ1v) is 9.58. The summed E-state index contributed by atoms with van der Waals surface area (Å²) in [6.45, 7) is 4.66. The third-order valence-corrected chi connectivity index (χ3v) is 4.69. The van der Waals surface area contributed by atoms with Crippen LogP contribution >= 0.6 is 12.2 Å². The number of aromatic amines is 1. The van der Waals surface area contributed by atoms with Crippen LogP contribution in [-0.2, 0) is 17.8 Å². The predicted octanol–water partition coefficient (Wildman–Crippen LogP) is 4.90. The molecule has 0 aliphatic heterocycles. The Morgan fingerprint density at radius 3 is 2.70 bits per heavy atom. The maximum atomic E-state index is 12.3. The van der Waals surface area contributed by atoms with Crippen LogP contribution in [0.1, 0.15) is 30.9 Å². The van der Waals surface area contributed by atoms with Crippen molar-refractivity contribution >= 4 is 23.8 Å². The van der Waals surface area contributed by atoms with Gasteiger partial charge in [-0.15, -0.1) is 0 Å². The van der Waals surface area contributed by atoms with Gasteiger partial charge in [-0.25, -0.2) is 0 Å². The number of nitrogens with one attached hydrogen (secondary N) is 2. The maximum absolute atomic E-state index is 12.3. The molecule has 0 spiro atoms. The molecule has 3 rings (SSSR count). The van der Waals surface area contributed by atoms with Gasteiger partial charge in [-0.2, -0.15) is 5.10 Å². The molecular weight excluding hydrogens is 356 g/mol. The lowest BCUT2D eigenvalue weighted by Gasteiger charge is -2.09. The van der Waals surface area contributed by atoms with Gasteiger partial charge in [0.15, 0.2) is 10.6 Å². The minimum absolute atomic E-state index is 0.0449. The number of anilines is 1. The average molecular weight is 381 g/mol. The number of nitrogens with zero attached hydrogens (tertiary/aromatic N) is 2. The number of carbonyl (C=O) groups excluding carboxylic acids is 1. The number of benzene rings is 2. The molecule has 3 aromatic rings. The van der Waals surface area contributed by atoms with Gasteiger partial charge < -0.3 is 5.32 Å². The minimum atomic E-state index is -0.0449. The largest absolute Gasteiger partial charge is 0.326 e. The summed E-state index contributed by atoms with van der Waals surface area (Å²) in [5.41, 5.74) is 4.23. The van der Waals surface area contributed by atoms with Gasteiger partial charge >= 0.3 is 0 Å². The van der Waals surface area contributed by atoms with Gasteiger partial charge in [0.05, 0.1) is 0 Å². The molecule has 0 fully saturated rings. The van der Waals surface area contributed by atoms with Crippen LogP contribution in [0.15, 0.2) is 48.5 Å². The molecule has 6 heteroatoms. The van der Waals surface area contributed by atoms with Gasteiger partial charge in [0, 0.05) is 24.2 Å². The van der Waals surface area contributed by atoms with E-state index in [0.29, 0.717) is 17.7 Å². The first kappa shape index (κ1) is 19.0. The molecule has 2 N–H and O–H groups in total. The number of hydrogen-bond acceptors (Lipinski definition) is 3. The van der Waals surface area contributed by atoms with Crippen molar-refractivity contribution in [2.75, 3.05) is 5.32 Å². The SMILES string of the molecule is CCCc1ccc(NC(=O)CCn2c(-c3cccc(C)c3)n[nH]c2=S)cc1. The number of rotatable bonds is 7. The standard InChI is InChI=1S/C21H24N4OS/c1-3-5-16-8-10-18(11-9-16)22-19(26)12-13-25-20(23-24-21(25)27)17-7-4-6-15(2)14-17/h4,6-11,14H,3,5,12-13H2,1-2H3,(H,22,26)(H,24,27). The van der Waals surface area contributed by atoms with Crippen LogP contribution < -0.4 is 5.32 Å². The van der Waals surface area contributed by atoms with Crippen molar-refractivity contribution in [3.8, 4) is 11.4 Å². The lowest BCUT2D eigenvalue weighted by Crippen LogP contribution is -2.15. The van der Waals surface area contributed by atoms with Crippen molar-refractivity contribution in [1.29, 1.82) is 0 Å². The van der Waals surface area contributed by atoms with E-state index < -0.39 is 0 Å². The van der Waals surface area contributed by atoms with Gasteiger partial charge in [-0.3, -0.25) is 14.5 Å². The summed E-state index contributed by atoms with van der Waals surface area (Å²) in [6, 6.07) is 16.1. The van der Waals surface area contributed by atoms with E-state index in [-0.39, 0.29) is 5.91 Å². The highest BCUT2D eigenvalue weighted by atomic mass is 32.1. The molecule has 0 saturated heterocycles. The van der Waals surface area contributed by atoms with Gasteiger partial charge in [-0.1, -0.05) is 49.2 Å². The zero-order valence-corrected chi connectivity index (χ0v) is 16.5. The van der Waals surface area contributed by atoms with E-state index in [9.17, 15) is 4.79 Å². The lowest BCUT2D eigenvalue weighted by atomic mass is 10.1. The van der Waals surface area contributed by atoms with Gasteiger partial charge in [0.2, 0.25) is 5.91 Å². The van der Waals surface area contributed by atoms with Crippen molar-refractivity contribution in [3.63, 3.8) is 0 Å².